The molecular formula is C12H16N6S. The van der Waals surface area contributed by atoms with E-state index >= 15 is 0 Å². The molecule has 100 valence electrons. The molecular weight excluding hydrogens is 260 g/mol. The molecule has 7 heteroatoms. The average molecular weight is 276 g/mol. The van der Waals surface area contributed by atoms with Crippen LogP contribution in [-0.4, -0.2) is 31.3 Å². The highest BCUT2D eigenvalue weighted by molar-refractivity contribution is 7.80. The standard InChI is InChI=1S/C12H16N6S/c1-9-8-10(11(13)19)17-12(16-9)14-4-2-6-18-7-3-5-15-18/h3,5,7-8H,2,4,6H2,1H3,(H2,13,19)(H,14,16,17). The normalized spacial score (nSPS) is 10.4. The van der Waals surface area contributed by atoms with Gasteiger partial charge < -0.3 is 11.1 Å². The fourth-order valence-corrected chi connectivity index (χ4v) is 1.75. The fraction of sp³-hybridized carbons (Fsp3) is 0.333. The van der Waals surface area contributed by atoms with Crippen molar-refractivity contribution in [1.29, 1.82) is 0 Å². The van der Waals surface area contributed by atoms with Gasteiger partial charge in [-0.3, -0.25) is 4.68 Å². The SMILES string of the molecule is Cc1cc(C(N)=S)nc(NCCCn2cccn2)n1. The van der Waals surface area contributed by atoms with Gasteiger partial charge in [0.15, 0.2) is 0 Å². The number of hydrogen-bond acceptors (Lipinski definition) is 5. The van der Waals surface area contributed by atoms with E-state index in [-0.39, 0.29) is 4.99 Å². The maximum atomic E-state index is 5.57. The Bertz CT molecular complexity index is 551. The van der Waals surface area contributed by atoms with E-state index < -0.39 is 0 Å². The lowest BCUT2D eigenvalue weighted by molar-refractivity contribution is 0.591. The molecule has 0 atom stereocenters. The number of anilines is 1. The van der Waals surface area contributed by atoms with Crippen LogP contribution in [-0.2, 0) is 6.54 Å². The van der Waals surface area contributed by atoms with Crippen molar-refractivity contribution in [3.8, 4) is 0 Å². The molecule has 2 rings (SSSR count). The van der Waals surface area contributed by atoms with Gasteiger partial charge in [0, 0.05) is 31.2 Å². The summed E-state index contributed by atoms with van der Waals surface area (Å²) in [5, 5.41) is 7.30. The summed E-state index contributed by atoms with van der Waals surface area (Å²) in [7, 11) is 0. The van der Waals surface area contributed by atoms with Crippen molar-refractivity contribution in [3.63, 3.8) is 0 Å². The van der Waals surface area contributed by atoms with Gasteiger partial charge in [-0.15, -0.1) is 0 Å². The molecule has 0 spiro atoms. The Hall–Kier alpha value is -2.02. The molecule has 2 aromatic heterocycles. The molecule has 0 saturated heterocycles. The summed E-state index contributed by atoms with van der Waals surface area (Å²) in [6.45, 7) is 3.51. The second kappa shape index (κ2) is 6.24. The van der Waals surface area contributed by atoms with Crippen LogP contribution in [0.5, 0.6) is 0 Å². The van der Waals surface area contributed by atoms with Gasteiger partial charge in [-0.25, -0.2) is 9.97 Å². The quantitative estimate of drug-likeness (QED) is 0.608. The van der Waals surface area contributed by atoms with E-state index in [0.29, 0.717) is 11.6 Å². The van der Waals surface area contributed by atoms with E-state index in [1.54, 1.807) is 12.3 Å². The highest BCUT2D eigenvalue weighted by Gasteiger charge is 2.03. The lowest BCUT2D eigenvalue weighted by Crippen LogP contribution is -2.15. The van der Waals surface area contributed by atoms with Crippen LogP contribution in [0.3, 0.4) is 0 Å². The Morgan fingerprint density at radius 2 is 2.32 bits per heavy atom. The van der Waals surface area contributed by atoms with Crippen molar-refractivity contribution in [1.82, 2.24) is 19.7 Å². The second-order valence-corrected chi connectivity index (χ2v) is 4.57. The van der Waals surface area contributed by atoms with Crippen molar-refractivity contribution in [3.05, 3.63) is 35.9 Å². The third-order valence-electron chi connectivity index (χ3n) is 2.51. The van der Waals surface area contributed by atoms with Crippen LogP contribution in [0.1, 0.15) is 17.8 Å². The molecule has 0 aliphatic carbocycles. The number of nitrogens with zero attached hydrogens (tertiary/aromatic N) is 4. The molecule has 0 unspecified atom stereocenters. The van der Waals surface area contributed by atoms with E-state index in [1.807, 2.05) is 23.9 Å². The van der Waals surface area contributed by atoms with Crippen LogP contribution in [0.2, 0.25) is 0 Å². The van der Waals surface area contributed by atoms with Crippen LogP contribution in [0.4, 0.5) is 5.95 Å². The van der Waals surface area contributed by atoms with E-state index in [2.05, 4.69) is 20.4 Å². The Morgan fingerprint density at radius 3 is 3.00 bits per heavy atom. The molecule has 0 aliphatic rings. The second-order valence-electron chi connectivity index (χ2n) is 4.13. The molecule has 0 saturated carbocycles. The summed E-state index contributed by atoms with van der Waals surface area (Å²) in [4.78, 5) is 8.83. The van der Waals surface area contributed by atoms with Crippen molar-refractivity contribution in [2.75, 3.05) is 11.9 Å². The van der Waals surface area contributed by atoms with Crippen molar-refractivity contribution in [2.45, 2.75) is 19.9 Å². The summed E-state index contributed by atoms with van der Waals surface area (Å²) >= 11 is 4.92. The monoisotopic (exact) mass is 276 g/mol. The predicted octanol–water partition coefficient (Wildman–Crippen LogP) is 1.12. The van der Waals surface area contributed by atoms with Gasteiger partial charge in [0.2, 0.25) is 5.95 Å². The smallest absolute Gasteiger partial charge is 0.223 e. The first-order chi connectivity index (χ1) is 9.15. The van der Waals surface area contributed by atoms with E-state index in [4.69, 9.17) is 18.0 Å². The van der Waals surface area contributed by atoms with Crippen LogP contribution in [0, 0.1) is 6.92 Å². The summed E-state index contributed by atoms with van der Waals surface area (Å²) in [6.07, 6.45) is 4.64. The van der Waals surface area contributed by atoms with Crippen molar-refractivity contribution >= 4 is 23.2 Å². The summed E-state index contributed by atoms with van der Waals surface area (Å²) < 4.78 is 1.89. The summed E-state index contributed by atoms with van der Waals surface area (Å²) in [5.41, 5.74) is 7.01. The zero-order valence-corrected chi connectivity index (χ0v) is 11.5. The molecule has 19 heavy (non-hydrogen) atoms. The van der Waals surface area contributed by atoms with Crippen LogP contribution in [0.15, 0.2) is 24.5 Å². The zero-order valence-electron chi connectivity index (χ0n) is 10.7. The average Bonchev–Trinajstić information content (AvgIpc) is 2.87. The number of aryl methyl sites for hydroxylation is 2. The Labute approximate surface area is 117 Å². The number of thiocarbonyl (C=S) groups is 1. The molecule has 2 heterocycles. The maximum absolute atomic E-state index is 5.57. The molecule has 2 aromatic rings. The first-order valence-electron chi connectivity index (χ1n) is 6.02. The Morgan fingerprint density at radius 1 is 1.47 bits per heavy atom. The lowest BCUT2D eigenvalue weighted by Gasteiger charge is -2.07. The molecule has 0 radical (unpaired) electrons. The third-order valence-corrected chi connectivity index (χ3v) is 2.72. The fourth-order valence-electron chi connectivity index (χ4n) is 1.65. The van der Waals surface area contributed by atoms with Crippen molar-refractivity contribution in [2.24, 2.45) is 5.73 Å². The highest BCUT2D eigenvalue weighted by atomic mass is 32.1. The first-order valence-corrected chi connectivity index (χ1v) is 6.43. The van der Waals surface area contributed by atoms with Gasteiger partial charge in [-0.05, 0) is 25.5 Å². The molecule has 0 amide bonds. The largest absolute Gasteiger partial charge is 0.388 e. The van der Waals surface area contributed by atoms with Crippen LogP contribution in [0.25, 0.3) is 0 Å². The van der Waals surface area contributed by atoms with E-state index in [0.717, 1.165) is 25.2 Å². The Kier molecular flexibility index (Phi) is 4.40. The number of nitrogens with one attached hydrogen (secondary N) is 1. The maximum Gasteiger partial charge on any atom is 0.223 e. The zero-order chi connectivity index (χ0) is 13.7. The Balaban J connectivity index is 1.87. The van der Waals surface area contributed by atoms with Crippen molar-refractivity contribution < 1.29 is 0 Å². The predicted molar refractivity (Wildman–Crippen MR) is 78.0 cm³/mol. The summed E-state index contributed by atoms with van der Waals surface area (Å²) in [6, 6.07) is 3.68. The molecule has 6 nitrogen and oxygen atoms in total. The number of hydrogen-bond donors (Lipinski definition) is 2. The number of rotatable bonds is 6. The van der Waals surface area contributed by atoms with Crippen LogP contribution < -0.4 is 11.1 Å². The molecule has 0 aromatic carbocycles. The lowest BCUT2D eigenvalue weighted by atomic mass is 10.3. The first kappa shape index (κ1) is 13.4. The van der Waals surface area contributed by atoms with Crippen LogP contribution >= 0.6 is 12.2 Å². The van der Waals surface area contributed by atoms with Gasteiger partial charge in [0.25, 0.3) is 0 Å². The summed E-state index contributed by atoms with van der Waals surface area (Å²) in [5.74, 6) is 0.559. The minimum atomic E-state index is 0.282. The molecule has 0 aliphatic heterocycles. The molecule has 0 bridgehead atoms. The van der Waals surface area contributed by atoms with E-state index in [1.165, 1.54) is 0 Å². The van der Waals surface area contributed by atoms with Gasteiger partial charge in [0.05, 0.1) is 0 Å². The minimum absolute atomic E-state index is 0.282. The molecule has 3 N–H and O–H groups in total. The third kappa shape index (κ3) is 3.99. The minimum Gasteiger partial charge on any atom is -0.388 e. The van der Waals surface area contributed by atoms with Gasteiger partial charge in [0.1, 0.15) is 10.7 Å². The topological polar surface area (TPSA) is 81.6 Å². The number of aromatic nitrogens is 4. The highest BCUT2D eigenvalue weighted by Crippen LogP contribution is 2.05. The van der Waals surface area contributed by atoms with Gasteiger partial charge >= 0.3 is 0 Å². The van der Waals surface area contributed by atoms with Gasteiger partial charge in [-0.1, -0.05) is 12.2 Å². The van der Waals surface area contributed by atoms with Gasteiger partial charge in [-0.2, -0.15) is 5.10 Å². The van der Waals surface area contributed by atoms with E-state index in [9.17, 15) is 0 Å². The number of nitrogens with two attached hydrogens (primary N) is 1. The molecule has 0 fully saturated rings.